The lowest BCUT2D eigenvalue weighted by molar-refractivity contribution is -0.150. The summed E-state index contributed by atoms with van der Waals surface area (Å²) in [6.45, 7) is 1.91. The van der Waals surface area contributed by atoms with E-state index in [0.29, 0.717) is 18.8 Å². The third kappa shape index (κ3) is 4.28. The number of benzene rings is 2. The molecule has 2 aromatic rings. The quantitative estimate of drug-likeness (QED) is 0.721. The first kappa shape index (κ1) is 19.2. The average molecular weight is 400 g/mol. The zero-order chi connectivity index (χ0) is 19.7. The van der Waals surface area contributed by atoms with Crippen LogP contribution in [0.5, 0.6) is 0 Å². The molecule has 1 saturated carbocycles. The van der Waals surface area contributed by atoms with Crippen molar-refractivity contribution in [3.63, 3.8) is 0 Å². The third-order valence-corrected chi connectivity index (χ3v) is 6.99. The molecule has 0 spiro atoms. The molecule has 2 unspecified atom stereocenters. The standard InChI is InChI=1S/C22H25NO4S/c1-15-6-11-18(12-7-15)28(25,26)23-22-19-5-3-2-4-17(19)14-20(22)27-21(24)13-10-16-8-9-16/h2-7,11-12,16,20,22-23H,8-10,13-14H2,1H3. The van der Waals surface area contributed by atoms with Crippen LogP contribution in [0.3, 0.4) is 0 Å². The van der Waals surface area contributed by atoms with Crippen molar-refractivity contribution >= 4 is 16.0 Å². The summed E-state index contributed by atoms with van der Waals surface area (Å²) < 4.78 is 34.3. The van der Waals surface area contributed by atoms with E-state index in [1.807, 2.05) is 31.2 Å². The summed E-state index contributed by atoms with van der Waals surface area (Å²) in [4.78, 5) is 12.5. The monoisotopic (exact) mass is 399 g/mol. The van der Waals surface area contributed by atoms with Crippen LogP contribution in [-0.2, 0) is 26.0 Å². The molecule has 5 nitrogen and oxygen atoms in total. The topological polar surface area (TPSA) is 72.5 Å². The Labute approximate surface area is 166 Å². The highest BCUT2D eigenvalue weighted by atomic mass is 32.2. The first-order valence-corrected chi connectivity index (χ1v) is 11.3. The summed E-state index contributed by atoms with van der Waals surface area (Å²) in [5.41, 5.74) is 2.88. The highest BCUT2D eigenvalue weighted by Crippen LogP contribution is 2.36. The van der Waals surface area contributed by atoms with Gasteiger partial charge in [0.1, 0.15) is 6.10 Å². The lowest BCUT2D eigenvalue weighted by atomic mass is 10.1. The maximum atomic E-state index is 12.9. The van der Waals surface area contributed by atoms with Crippen LogP contribution in [-0.4, -0.2) is 20.5 Å². The van der Waals surface area contributed by atoms with E-state index in [0.717, 1.165) is 23.1 Å². The fourth-order valence-corrected chi connectivity index (χ4v) is 4.96. The van der Waals surface area contributed by atoms with Gasteiger partial charge < -0.3 is 4.74 Å². The minimum Gasteiger partial charge on any atom is -0.460 e. The Morgan fingerprint density at radius 1 is 1.11 bits per heavy atom. The number of carbonyl (C=O) groups is 1. The minimum absolute atomic E-state index is 0.210. The number of aryl methyl sites for hydroxylation is 1. The van der Waals surface area contributed by atoms with Crippen LogP contribution >= 0.6 is 0 Å². The van der Waals surface area contributed by atoms with Gasteiger partial charge in [-0.15, -0.1) is 0 Å². The van der Waals surface area contributed by atoms with E-state index < -0.39 is 22.2 Å². The maximum absolute atomic E-state index is 12.9. The molecular weight excluding hydrogens is 374 g/mol. The molecule has 6 heteroatoms. The molecule has 0 radical (unpaired) electrons. The number of rotatable bonds is 7. The number of sulfonamides is 1. The molecular formula is C22H25NO4S. The first-order chi connectivity index (χ1) is 13.4. The van der Waals surface area contributed by atoms with Crippen molar-refractivity contribution in [2.24, 2.45) is 5.92 Å². The average Bonchev–Trinajstić information content (AvgIpc) is 3.44. The SMILES string of the molecule is Cc1ccc(S(=O)(=O)NC2c3ccccc3CC2OC(=O)CCC2CC2)cc1. The molecule has 2 aliphatic rings. The smallest absolute Gasteiger partial charge is 0.306 e. The molecule has 28 heavy (non-hydrogen) atoms. The Bertz CT molecular complexity index is 964. The molecule has 1 fully saturated rings. The zero-order valence-electron chi connectivity index (χ0n) is 15.9. The zero-order valence-corrected chi connectivity index (χ0v) is 16.7. The van der Waals surface area contributed by atoms with Gasteiger partial charge in [0, 0.05) is 12.8 Å². The summed E-state index contributed by atoms with van der Waals surface area (Å²) in [6, 6.07) is 13.8. The van der Waals surface area contributed by atoms with Crippen LogP contribution in [0.4, 0.5) is 0 Å². The van der Waals surface area contributed by atoms with E-state index in [4.69, 9.17) is 4.74 Å². The predicted octanol–water partition coefficient (Wildman–Crippen LogP) is 3.67. The normalized spacial score (nSPS) is 21.3. The molecule has 148 valence electrons. The molecule has 0 aliphatic heterocycles. The highest BCUT2D eigenvalue weighted by Gasteiger charge is 2.38. The summed E-state index contributed by atoms with van der Waals surface area (Å²) in [6.07, 6.45) is 3.64. The molecule has 0 aromatic heterocycles. The second kappa shape index (κ2) is 7.68. The molecule has 0 heterocycles. The van der Waals surface area contributed by atoms with E-state index in [1.165, 1.54) is 12.8 Å². The lowest BCUT2D eigenvalue weighted by Gasteiger charge is -2.22. The van der Waals surface area contributed by atoms with Crippen LogP contribution in [0.2, 0.25) is 0 Å². The van der Waals surface area contributed by atoms with Gasteiger partial charge in [0.15, 0.2) is 0 Å². The minimum atomic E-state index is -3.73. The molecule has 2 aliphatic carbocycles. The Morgan fingerprint density at radius 3 is 2.54 bits per heavy atom. The highest BCUT2D eigenvalue weighted by molar-refractivity contribution is 7.89. The van der Waals surface area contributed by atoms with Crippen LogP contribution in [0.25, 0.3) is 0 Å². The van der Waals surface area contributed by atoms with Gasteiger partial charge in [0.05, 0.1) is 10.9 Å². The van der Waals surface area contributed by atoms with E-state index >= 15 is 0 Å². The molecule has 1 N–H and O–H groups in total. The maximum Gasteiger partial charge on any atom is 0.306 e. The molecule has 2 aromatic carbocycles. The summed E-state index contributed by atoms with van der Waals surface area (Å²) >= 11 is 0. The lowest BCUT2D eigenvalue weighted by Crippen LogP contribution is -2.36. The van der Waals surface area contributed by atoms with Gasteiger partial charge in [-0.1, -0.05) is 54.8 Å². The number of hydrogen-bond acceptors (Lipinski definition) is 4. The Hall–Kier alpha value is -2.18. The molecule has 4 rings (SSSR count). The van der Waals surface area contributed by atoms with Crippen LogP contribution in [0, 0.1) is 12.8 Å². The van der Waals surface area contributed by atoms with Crippen molar-refractivity contribution in [2.45, 2.75) is 56.1 Å². The van der Waals surface area contributed by atoms with Crippen molar-refractivity contribution < 1.29 is 17.9 Å². The molecule has 2 atom stereocenters. The van der Waals surface area contributed by atoms with Crippen molar-refractivity contribution in [3.05, 3.63) is 65.2 Å². The van der Waals surface area contributed by atoms with Crippen molar-refractivity contribution in [3.8, 4) is 0 Å². The van der Waals surface area contributed by atoms with Crippen molar-refractivity contribution in [1.29, 1.82) is 0 Å². The second-order valence-corrected chi connectivity index (χ2v) is 9.54. The first-order valence-electron chi connectivity index (χ1n) is 9.79. The van der Waals surface area contributed by atoms with Gasteiger partial charge in [-0.2, -0.15) is 4.72 Å². The number of carbonyl (C=O) groups excluding carboxylic acids is 1. The number of nitrogens with one attached hydrogen (secondary N) is 1. The van der Waals surface area contributed by atoms with E-state index in [-0.39, 0.29) is 10.9 Å². The van der Waals surface area contributed by atoms with Gasteiger partial charge in [-0.25, -0.2) is 8.42 Å². The number of hydrogen-bond donors (Lipinski definition) is 1. The van der Waals surface area contributed by atoms with Gasteiger partial charge in [-0.3, -0.25) is 4.79 Å². The van der Waals surface area contributed by atoms with E-state index in [9.17, 15) is 13.2 Å². The summed E-state index contributed by atoms with van der Waals surface area (Å²) in [5.74, 6) is 0.411. The van der Waals surface area contributed by atoms with Crippen LogP contribution < -0.4 is 4.72 Å². The molecule has 0 bridgehead atoms. The van der Waals surface area contributed by atoms with Crippen LogP contribution in [0.1, 0.15) is 48.4 Å². The number of ether oxygens (including phenoxy) is 1. The Morgan fingerprint density at radius 2 is 1.82 bits per heavy atom. The molecule has 0 amide bonds. The Balaban J connectivity index is 1.53. The number of esters is 1. The van der Waals surface area contributed by atoms with Crippen LogP contribution in [0.15, 0.2) is 53.4 Å². The van der Waals surface area contributed by atoms with Gasteiger partial charge in [0.2, 0.25) is 10.0 Å². The summed E-state index contributed by atoms with van der Waals surface area (Å²) in [7, 11) is -3.73. The van der Waals surface area contributed by atoms with Gasteiger partial charge >= 0.3 is 5.97 Å². The van der Waals surface area contributed by atoms with Gasteiger partial charge in [0.25, 0.3) is 0 Å². The predicted molar refractivity (Wildman–Crippen MR) is 106 cm³/mol. The largest absolute Gasteiger partial charge is 0.460 e. The summed E-state index contributed by atoms with van der Waals surface area (Å²) in [5, 5.41) is 0. The second-order valence-electron chi connectivity index (χ2n) is 7.83. The Kier molecular flexibility index (Phi) is 5.25. The fourth-order valence-electron chi connectivity index (χ4n) is 3.72. The van der Waals surface area contributed by atoms with E-state index in [2.05, 4.69) is 4.72 Å². The van der Waals surface area contributed by atoms with Crippen molar-refractivity contribution in [1.82, 2.24) is 4.72 Å². The van der Waals surface area contributed by atoms with Gasteiger partial charge in [-0.05, 0) is 42.5 Å². The fraction of sp³-hybridized carbons (Fsp3) is 0.409. The number of fused-ring (bicyclic) bond motifs is 1. The molecule has 0 saturated heterocycles. The van der Waals surface area contributed by atoms with E-state index in [1.54, 1.807) is 24.3 Å². The third-order valence-electron chi connectivity index (χ3n) is 5.53. The van der Waals surface area contributed by atoms with Crippen molar-refractivity contribution in [2.75, 3.05) is 0 Å².